The van der Waals surface area contributed by atoms with E-state index in [0.717, 1.165) is 31.4 Å². The van der Waals surface area contributed by atoms with Gasteiger partial charge < -0.3 is 15.5 Å². The first-order chi connectivity index (χ1) is 10.2. The van der Waals surface area contributed by atoms with Crippen LogP contribution in [0.1, 0.15) is 52.4 Å². The Labute approximate surface area is 126 Å². The molecule has 0 radical (unpaired) electrons. The van der Waals surface area contributed by atoms with Crippen molar-refractivity contribution in [1.82, 2.24) is 15.0 Å². The van der Waals surface area contributed by atoms with Gasteiger partial charge in [0.15, 0.2) is 0 Å². The minimum Gasteiger partial charge on any atom is -0.368 e. The third kappa shape index (κ3) is 2.89. The van der Waals surface area contributed by atoms with Gasteiger partial charge in [0.2, 0.25) is 17.8 Å². The maximum absolute atomic E-state index is 5.95. The zero-order valence-electron chi connectivity index (χ0n) is 13.1. The van der Waals surface area contributed by atoms with Crippen LogP contribution in [0.5, 0.6) is 0 Å². The third-order valence-electron chi connectivity index (χ3n) is 4.76. The molecule has 2 fully saturated rings. The minimum atomic E-state index is 0.342. The number of hydrogen-bond donors (Lipinski definition) is 1. The molecule has 0 saturated carbocycles. The van der Waals surface area contributed by atoms with E-state index in [0.29, 0.717) is 18.0 Å². The number of aromatic nitrogens is 3. The van der Waals surface area contributed by atoms with Gasteiger partial charge in [-0.2, -0.15) is 15.0 Å². The van der Waals surface area contributed by atoms with Crippen molar-refractivity contribution >= 4 is 17.8 Å². The Bertz CT molecular complexity index is 485. The lowest BCUT2D eigenvalue weighted by Gasteiger charge is -2.30. The van der Waals surface area contributed by atoms with Crippen molar-refractivity contribution in [3.63, 3.8) is 0 Å². The molecule has 3 rings (SSSR count). The van der Waals surface area contributed by atoms with Gasteiger partial charge in [0, 0.05) is 25.2 Å². The highest BCUT2D eigenvalue weighted by Gasteiger charge is 2.32. The standard InChI is InChI=1S/C15H26N6/c1-3-12-8-7-11(2)21(12)15-18-13(16)17-14(19-15)20-9-5-4-6-10-20/h11-12H,3-10H2,1-2H3,(H2,16,17,18,19). The van der Waals surface area contributed by atoms with E-state index < -0.39 is 0 Å². The molecule has 1 aromatic rings. The summed E-state index contributed by atoms with van der Waals surface area (Å²) in [6.07, 6.45) is 7.24. The Hall–Kier alpha value is -1.59. The predicted octanol–water partition coefficient (Wildman–Crippen LogP) is 2.21. The highest BCUT2D eigenvalue weighted by molar-refractivity contribution is 5.45. The molecule has 2 N–H and O–H groups in total. The Balaban J connectivity index is 1.89. The summed E-state index contributed by atoms with van der Waals surface area (Å²) in [6, 6.07) is 1.00. The van der Waals surface area contributed by atoms with Crippen molar-refractivity contribution < 1.29 is 0 Å². The fourth-order valence-corrected chi connectivity index (χ4v) is 3.55. The van der Waals surface area contributed by atoms with Crippen LogP contribution >= 0.6 is 0 Å². The van der Waals surface area contributed by atoms with Gasteiger partial charge in [-0.15, -0.1) is 0 Å². The maximum atomic E-state index is 5.95. The monoisotopic (exact) mass is 290 g/mol. The van der Waals surface area contributed by atoms with Crippen LogP contribution < -0.4 is 15.5 Å². The summed E-state index contributed by atoms with van der Waals surface area (Å²) in [5.41, 5.74) is 5.95. The molecule has 3 heterocycles. The number of nitrogen functional groups attached to an aromatic ring is 1. The van der Waals surface area contributed by atoms with E-state index in [1.165, 1.54) is 32.1 Å². The molecule has 2 aliphatic rings. The molecule has 21 heavy (non-hydrogen) atoms. The van der Waals surface area contributed by atoms with Crippen LogP contribution in [0.2, 0.25) is 0 Å². The highest BCUT2D eigenvalue weighted by atomic mass is 15.4. The molecule has 0 spiro atoms. The van der Waals surface area contributed by atoms with Crippen LogP contribution in [0.4, 0.5) is 17.8 Å². The highest BCUT2D eigenvalue weighted by Crippen LogP contribution is 2.31. The van der Waals surface area contributed by atoms with Crippen LogP contribution in [-0.4, -0.2) is 40.1 Å². The number of nitrogens with two attached hydrogens (primary N) is 1. The second kappa shape index (κ2) is 6.03. The summed E-state index contributed by atoms with van der Waals surface area (Å²) >= 11 is 0. The lowest BCUT2D eigenvalue weighted by atomic mass is 10.1. The lowest BCUT2D eigenvalue weighted by molar-refractivity contribution is 0.564. The largest absolute Gasteiger partial charge is 0.368 e. The molecule has 2 saturated heterocycles. The Morgan fingerprint density at radius 3 is 2.48 bits per heavy atom. The number of rotatable bonds is 3. The van der Waals surface area contributed by atoms with Crippen molar-refractivity contribution in [2.75, 3.05) is 28.6 Å². The molecule has 0 bridgehead atoms. The maximum Gasteiger partial charge on any atom is 0.232 e. The summed E-state index contributed by atoms with van der Waals surface area (Å²) in [6.45, 7) is 6.52. The van der Waals surface area contributed by atoms with Crippen LogP contribution in [-0.2, 0) is 0 Å². The first-order valence-electron chi connectivity index (χ1n) is 8.24. The lowest BCUT2D eigenvalue weighted by Crippen LogP contribution is -2.37. The summed E-state index contributed by atoms with van der Waals surface area (Å²) in [4.78, 5) is 18.1. The number of anilines is 3. The summed E-state index contributed by atoms with van der Waals surface area (Å²) in [5, 5.41) is 0. The second-order valence-electron chi connectivity index (χ2n) is 6.24. The van der Waals surface area contributed by atoms with Gasteiger partial charge >= 0.3 is 0 Å². The van der Waals surface area contributed by atoms with Gasteiger partial charge in [-0.1, -0.05) is 6.92 Å². The van der Waals surface area contributed by atoms with E-state index in [1.54, 1.807) is 0 Å². The van der Waals surface area contributed by atoms with E-state index in [2.05, 4.69) is 33.6 Å². The summed E-state index contributed by atoms with van der Waals surface area (Å²) in [7, 11) is 0. The Kier molecular flexibility index (Phi) is 4.12. The van der Waals surface area contributed by atoms with Crippen molar-refractivity contribution in [1.29, 1.82) is 0 Å². The fourth-order valence-electron chi connectivity index (χ4n) is 3.55. The molecule has 2 atom stereocenters. The number of hydrogen-bond acceptors (Lipinski definition) is 6. The molecule has 0 amide bonds. The first kappa shape index (κ1) is 14.4. The van der Waals surface area contributed by atoms with E-state index in [1.807, 2.05) is 0 Å². The summed E-state index contributed by atoms with van der Waals surface area (Å²) < 4.78 is 0. The van der Waals surface area contributed by atoms with Crippen LogP contribution in [0.15, 0.2) is 0 Å². The van der Waals surface area contributed by atoms with Crippen molar-refractivity contribution in [2.24, 2.45) is 0 Å². The molecular formula is C15H26N6. The van der Waals surface area contributed by atoms with Gasteiger partial charge in [0.05, 0.1) is 0 Å². The van der Waals surface area contributed by atoms with Crippen LogP contribution in [0.3, 0.4) is 0 Å². The van der Waals surface area contributed by atoms with Crippen molar-refractivity contribution in [3.8, 4) is 0 Å². The molecule has 1 aromatic heterocycles. The molecule has 0 aromatic carbocycles. The molecular weight excluding hydrogens is 264 g/mol. The average Bonchev–Trinajstić information content (AvgIpc) is 2.88. The number of piperidine rings is 1. The van der Waals surface area contributed by atoms with Gasteiger partial charge in [-0.3, -0.25) is 0 Å². The topological polar surface area (TPSA) is 71.2 Å². The Morgan fingerprint density at radius 1 is 1.05 bits per heavy atom. The first-order valence-corrected chi connectivity index (χ1v) is 8.24. The van der Waals surface area contributed by atoms with E-state index >= 15 is 0 Å². The van der Waals surface area contributed by atoms with Gasteiger partial charge in [-0.05, 0) is 45.4 Å². The molecule has 6 heteroatoms. The molecule has 116 valence electrons. The smallest absolute Gasteiger partial charge is 0.232 e. The number of nitrogens with zero attached hydrogens (tertiary/aromatic N) is 5. The van der Waals surface area contributed by atoms with Gasteiger partial charge in [0.1, 0.15) is 0 Å². The zero-order valence-corrected chi connectivity index (χ0v) is 13.1. The fraction of sp³-hybridized carbons (Fsp3) is 0.800. The molecule has 2 aliphatic heterocycles. The zero-order chi connectivity index (χ0) is 14.8. The normalized spacial score (nSPS) is 26.4. The van der Waals surface area contributed by atoms with Gasteiger partial charge in [-0.25, -0.2) is 0 Å². The van der Waals surface area contributed by atoms with Crippen molar-refractivity contribution in [3.05, 3.63) is 0 Å². The molecule has 0 aliphatic carbocycles. The van der Waals surface area contributed by atoms with E-state index in [9.17, 15) is 0 Å². The molecule has 2 unspecified atom stereocenters. The SMILES string of the molecule is CCC1CCC(C)N1c1nc(N)nc(N2CCCCC2)n1. The van der Waals surface area contributed by atoms with E-state index in [-0.39, 0.29) is 0 Å². The van der Waals surface area contributed by atoms with Crippen LogP contribution in [0, 0.1) is 0 Å². The minimum absolute atomic E-state index is 0.342. The van der Waals surface area contributed by atoms with E-state index in [4.69, 9.17) is 10.7 Å². The van der Waals surface area contributed by atoms with Gasteiger partial charge in [0.25, 0.3) is 0 Å². The second-order valence-corrected chi connectivity index (χ2v) is 6.24. The van der Waals surface area contributed by atoms with Crippen molar-refractivity contribution in [2.45, 2.75) is 64.5 Å². The summed E-state index contributed by atoms with van der Waals surface area (Å²) in [5.74, 6) is 1.86. The predicted molar refractivity (Wildman–Crippen MR) is 85.6 cm³/mol. The van der Waals surface area contributed by atoms with Crippen LogP contribution in [0.25, 0.3) is 0 Å². The Morgan fingerprint density at radius 2 is 1.76 bits per heavy atom. The quantitative estimate of drug-likeness (QED) is 0.920. The third-order valence-corrected chi connectivity index (χ3v) is 4.76. The molecule has 6 nitrogen and oxygen atoms in total. The average molecular weight is 290 g/mol.